The third-order valence-corrected chi connectivity index (χ3v) is 5.22. The van der Waals surface area contributed by atoms with Crippen LogP contribution in [0.4, 0.5) is 0 Å². The average Bonchev–Trinajstić information content (AvgIpc) is 2.73. The lowest BCUT2D eigenvalue weighted by Gasteiger charge is -2.34. The predicted octanol–water partition coefficient (Wildman–Crippen LogP) is 2.82. The fraction of sp³-hybridized carbons (Fsp3) is 0.318. The Kier molecular flexibility index (Phi) is 5.78. The first-order valence-electron chi connectivity index (χ1n) is 9.46. The molecule has 1 aliphatic heterocycles. The first kappa shape index (κ1) is 19.6. The average molecular weight is 380 g/mol. The summed E-state index contributed by atoms with van der Waals surface area (Å²) in [6.07, 6.45) is 0.287. The molecule has 1 N–H and O–H groups in total. The summed E-state index contributed by atoms with van der Waals surface area (Å²) in [5.74, 6) is -1.45. The summed E-state index contributed by atoms with van der Waals surface area (Å²) < 4.78 is 0. The molecule has 0 saturated heterocycles. The van der Waals surface area contributed by atoms with E-state index in [1.165, 1.54) is 4.90 Å². The van der Waals surface area contributed by atoms with Crippen molar-refractivity contribution in [3.05, 3.63) is 70.8 Å². The van der Waals surface area contributed by atoms with Crippen LogP contribution in [0, 0.1) is 0 Å². The van der Waals surface area contributed by atoms with Gasteiger partial charge in [-0.05, 0) is 49.2 Å². The Hall–Kier alpha value is -3.15. The minimum Gasteiger partial charge on any atom is -0.480 e. The molecule has 3 rings (SSSR count). The Bertz CT molecular complexity index is 888. The normalized spacial score (nSPS) is 15.6. The second-order valence-corrected chi connectivity index (χ2v) is 6.81. The number of amides is 2. The lowest BCUT2D eigenvalue weighted by atomic mass is 9.93. The molecule has 0 fully saturated rings. The molecule has 28 heavy (non-hydrogen) atoms. The van der Waals surface area contributed by atoms with Crippen molar-refractivity contribution in [3.63, 3.8) is 0 Å². The Labute approximate surface area is 164 Å². The largest absolute Gasteiger partial charge is 0.480 e. The van der Waals surface area contributed by atoms with E-state index in [0.29, 0.717) is 24.2 Å². The maximum atomic E-state index is 13.0. The van der Waals surface area contributed by atoms with Gasteiger partial charge in [0, 0.05) is 37.2 Å². The third kappa shape index (κ3) is 3.76. The van der Waals surface area contributed by atoms with Gasteiger partial charge in [0.25, 0.3) is 11.8 Å². The molecule has 146 valence electrons. The molecule has 0 radical (unpaired) electrons. The molecule has 6 nitrogen and oxygen atoms in total. The quantitative estimate of drug-likeness (QED) is 0.865. The van der Waals surface area contributed by atoms with Crippen LogP contribution in [0.3, 0.4) is 0 Å². The molecular formula is C22H24N2O4. The molecule has 1 aliphatic rings. The number of hydrogen-bond donors (Lipinski definition) is 1. The van der Waals surface area contributed by atoms with Gasteiger partial charge in [-0.3, -0.25) is 9.59 Å². The lowest BCUT2D eigenvalue weighted by molar-refractivity contribution is -0.142. The summed E-state index contributed by atoms with van der Waals surface area (Å²) in [6, 6.07) is 13.1. The standard InChI is InChI=1S/C22H24N2O4/c1-3-23(4-2)20(25)15-9-11-16(12-10-15)21(26)24-14-18-8-6-5-7-17(18)13-19(24)22(27)28/h5-12,19H,3-4,13-14H2,1-2H3,(H,27,28). The van der Waals surface area contributed by atoms with Crippen LogP contribution < -0.4 is 0 Å². The van der Waals surface area contributed by atoms with Crippen LogP contribution >= 0.6 is 0 Å². The maximum absolute atomic E-state index is 13.0. The molecule has 1 heterocycles. The molecular weight excluding hydrogens is 356 g/mol. The monoisotopic (exact) mass is 380 g/mol. The summed E-state index contributed by atoms with van der Waals surface area (Å²) in [5.41, 5.74) is 2.81. The van der Waals surface area contributed by atoms with Gasteiger partial charge in [-0.25, -0.2) is 4.79 Å². The first-order chi connectivity index (χ1) is 13.5. The number of carboxylic acid groups (broad SMARTS) is 1. The number of carbonyl (C=O) groups is 3. The second-order valence-electron chi connectivity index (χ2n) is 6.81. The molecule has 0 spiro atoms. The molecule has 2 aromatic rings. The van der Waals surface area contributed by atoms with E-state index in [2.05, 4.69) is 0 Å². The predicted molar refractivity (Wildman–Crippen MR) is 105 cm³/mol. The molecule has 0 saturated carbocycles. The Morgan fingerprint density at radius 3 is 2.11 bits per heavy atom. The fourth-order valence-electron chi connectivity index (χ4n) is 3.57. The fourth-order valence-corrected chi connectivity index (χ4v) is 3.57. The van der Waals surface area contributed by atoms with Crippen molar-refractivity contribution in [1.29, 1.82) is 0 Å². The van der Waals surface area contributed by atoms with Gasteiger partial charge < -0.3 is 14.9 Å². The Morgan fingerprint density at radius 2 is 1.54 bits per heavy atom. The van der Waals surface area contributed by atoms with Gasteiger partial charge in [0.05, 0.1) is 0 Å². The summed E-state index contributed by atoms with van der Waals surface area (Å²) >= 11 is 0. The Balaban J connectivity index is 1.84. The summed E-state index contributed by atoms with van der Waals surface area (Å²) in [7, 11) is 0. The SMILES string of the molecule is CCN(CC)C(=O)c1ccc(C(=O)N2Cc3ccccc3CC2C(=O)O)cc1. The molecule has 0 aliphatic carbocycles. The minimum atomic E-state index is -1.02. The molecule has 2 aromatic carbocycles. The molecule has 6 heteroatoms. The highest BCUT2D eigenvalue weighted by Crippen LogP contribution is 2.25. The van der Waals surface area contributed by atoms with Crippen LogP contribution in [-0.4, -0.2) is 51.8 Å². The van der Waals surface area contributed by atoms with Gasteiger partial charge in [-0.1, -0.05) is 24.3 Å². The molecule has 2 amide bonds. The highest BCUT2D eigenvalue weighted by Gasteiger charge is 2.34. The second kappa shape index (κ2) is 8.25. The van der Waals surface area contributed by atoms with Gasteiger partial charge in [0.15, 0.2) is 0 Å². The van der Waals surface area contributed by atoms with Crippen LogP contribution in [0.5, 0.6) is 0 Å². The van der Waals surface area contributed by atoms with Crippen LogP contribution in [0.2, 0.25) is 0 Å². The topological polar surface area (TPSA) is 77.9 Å². The minimum absolute atomic E-state index is 0.0840. The van der Waals surface area contributed by atoms with Gasteiger partial charge in [0.1, 0.15) is 6.04 Å². The van der Waals surface area contributed by atoms with Crippen molar-refractivity contribution < 1.29 is 19.5 Å². The zero-order chi connectivity index (χ0) is 20.3. The van der Waals surface area contributed by atoms with Gasteiger partial charge in [0.2, 0.25) is 0 Å². The number of hydrogen-bond acceptors (Lipinski definition) is 3. The number of rotatable bonds is 5. The zero-order valence-electron chi connectivity index (χ0n) is 16.1. The molecule has 1 atom stereocenters. The summed E-state index contributed by atoms with van der Waals surface area (Å²) in [4.78, 5) is 40.3. The molecule has 0 bridgehead atoms. The van der Waals surface area contributed by atoms with E-state index in [1.54, 1.807) is 29.2 Å². The Morgan fingerprint density at radius 1 is 0.964 bits per heavy atom. The van der Waals surface area contributed by atoms with Gasteiger partial charge in [-0.15, -0.1) is 0 Å². The van der Waals surface area contributed by atoms with Crippen molar-refractivity contribution in [3.8, 4) is 0 Å². The van der Waals surface area contributed by atoms with E-state index in [-0.39, 0.29) is 24.8 Å². The van der Waals surface area contributed by atoms with Crippen LogP contribution in [0.15, 0.2) is 48.5 Å². The number of nitrogens with zero attached hydrogens (tertiary/aromatic N) is 2. The highest BCUT2D eigenvalue weighted by atomic mass is 16.4. The van der Waals surface area contributed by atoms with Crippen molar-refractivity contribution >= 4 is 17.8 Å². The zero-order valence-corrected chi connectivity index (χ0v) is 16.1. The number of fused-ring (bicyclic) bond motifs is 1. The van der Waals surface area contributed by atoms with Gasteiger partial charge >= 0.3 is 5.97 Å². The highest BCUT2D eigenvalue weighted by molar-refractivity contribution is 5.99. The van der Waals surface area contributed by atoms with Crippen LogP contribution in [0.1, 0.15) is 45.7 Å². The van der Waals surface area contributed by atoms with Crippen molar-refractivity contribution in [2.75, 3.05) is 13.1 Å². The number of carbonyl (C=O) groups excluding carboxylic acids is 2. The number of benzene rings is 2. The van der Waals surface area contributed by atoms with Crippen molar-refractivity contribution in [2.45, 2.75) is 32.9 Å². The van der Waals surface area contributed by atoms with E-state index >= 15 is 0 Å². The number of carboxylic acids is 1. The van der Waals surface area contributed by atoms with E-state index in [0.717, 1.165) is 11.1 Å². The summed E-state index contributed by atoms with van der Waals surface area (Å²) in [6.45, 7) is 5.32. The van der Waals surface area contributed by atoms with Crippen molar-refractivity contribution in [2.24, 2.45) is 0 Å². The van der Waals surface area contributed by atoms with E-state index in [9.17, 15) is 19.5 Å². The first-order valence-corrected chi connectivity index (χ1v) is 9.46. The van der Waals surface area contributed by atoms with Crippen LogP contribution in [0.25, 0.3) is 0 Å². The third-order valence-electron chi connectivity index (χ3n) is 5.22. The van der Waals surface area contributed by atoms with E-state index in [1.807, 2.05) is 38.1 Å². The van der Waals surface area contributed by atoms with E-state index in [4.69, 9.17) is 0 Å². The lowest BCUT2D eigenvalue weighted by Crippen LogP contribution is -2.48. The van der Waals surface area contributed by atoms with E-state index < -0.39 is 12.0 Å². The smallest absolute Gasteiger partial charge is 0.326 e. The van der Waals surface area contributed by atoms with Crippen LogP contribution in [-0.2, 0) is 17.8 Å². The van der Waals surface area contributed by atoms with Crippen molar-refractivity contribution in [1.82, 2.24) is 9.80 Å². The molecule has 1 unspecified atom stereocenters. The number of aliphatic carboxylic acids is 1. The maximum Gasteiger partial charge on any atom is 0.326 e. The summed E-state index contributed by atoms with van der Waals surface area (Å²) in [5, 5.41) is 9.62. The van der Waals surface area contributed by atoms with Gasteiger partial charge in [-0.2, -0.15) is 0 Å². The molecule has 0 aromatic heterocycles.